The molecule has 1 N–H and O–H groups in total. The zero-order valence-electron chi connectivity index (χ0n) is 19.2. The molecule has 0 saturated heterocycles. The number of alkyl halides is 2. The zero-order chi connectivity index (χ0) is 26.9. The van der Waals surface area contributed by atoms with Gasteiger partial charge in [-0.05, 0) is 24.3 Å². The number of ether oxygens (including phenoxy) is 1. The van der Waals surface area contributed by atoms with Gasteiger partial charge in [-0.1, -0.05) is 11.6 Å². The van der Waals surface area contributed by atoms with E-state index in [9.17, 15) is 32.0 Å². The second-order valence-corrected chi connectivity index (χ2v) is 10.8. The lowest BCUT2D eigenvalue weighted by Gasteiger charge is -2.10. The Morgan fingerprint density at radius 2 is 2.03 bits per heavy atom. The number of sulfone groups is 1. The molecule has 2 aromatic carbocycles. The molecule has 0 bridgehead atoms. The summed E-state index contributed by atoms with van der Waals surface area (Å²) in [7, 11) is -3.60. The number of imidazole rings is 1. The molecule has 2 heterocycles. The maximum absolute atomic E-state index is 13.0. The number of ketones is 1. The number of hydrogen-bond donors (Lipinski definition) is 1. The average molecular weight is 550 g/mol. The van der Waals surface area contributed by atoms with Gasteiger partial charge in [0, 0.05) is 17.7 Å². The van der Waals surface area contributed by atoms with E-state index in [1.807, 2.05) is 6.07 Å². The predicted molar refractivity (Wildman–Crippen MR) is 131 cm³/mol. The fourth-order valence-electron chi connectivity index (χ4n) is 3.74. The molecule has 0 aliphatic carbocycles. The van der Waals surface area contributed by atoms with Crippen molar-refractivity contribution in [3.63, 3.8) is 0 Å². The van der Waals surface area contributed by atoms with Crippen LogP contribution >= 0.6 is 11.6 Å². The highest BCUT2D eigenvalue weighted by atomic mass is 35.5. The molecule has 192 valence electrons. The number of H-pyrrole nitrogens is 1. The number of carbonyl (C=O) groups is 1. The molecule has 0 aliphatic rings. The number of benzene rings is 2. The molecule has 0 saturated carbocycles. The summed E-state index contributed by atoms with van der Waals surface area (Å²) in [5.74, 6) is -1.07. The number of nitriles is 1. The number of carbonyl (C=O) groups excluding carboxylic acids is 1. The molecule has 37 heavy (non-hydrogen) atoms. The number of hydrogen-bond acceptors (Lipinski definition) is 8. The Morgan fingerprint density at radius 1 is 1.27 bits per heavy atom. The fourth-order valence-corrected chi connectivity index (χ4v) is 4.63. The van der Waals surface area contributed by atoms with Crippen LogP contribution in [0.4, 0.5) is 8.78 Å². The maximum atomic E-state index is 13.0. The zero-order valence-corrected chi connectivity index (χ0v) is 20.7. The van der Waals surface area contributed by atoms with Crippen molar-refractivity contribution < 1.29 is 26.7 Å². The lowest BCUT2D eigenvalue weighted by molar-refractivity contribution is -0.117. The van der Waals surface area contributed by atoms with E-state index < -0.39 is 46.5 Å². The highest BCUT2D eigenvalue weighted by molar-refractivity contribution is 7.91. The first kappa shape index (κ1) is 26.2. The molecule has 0 unspecified atom stereocenters. The van der Waals surface area contributed by atoms with Gasteiger partial charge in [-0.15, -0.1) is 0 Å². The van der Waals surface area contributed by atoms with Gasteiger partial charge in [0.1, 0.15) is 30.5 Å². The molecule has 0 fully saturated rings. The van der Waals surface area contributed by atoms with Crippen LogP contribution in [0.1, 0.15) is 17.1 Å². The van der Waals surface area contributed by atoms with Gasteiger partial charge < -0.3 is 9.72 Å². The predicted octanol–water partition coefficient (Wildman–Crippen LogP) is 2.65. The summed E-state index contributed by atoms with van der Waals surface area (Å²) in [6.45, 7) is -1.39. The second-order valence-electron chi connectivity index (χ2n) is 8.25. The Hall–Kier alpha value is -3.89. The second kappa shape index (κ2) is 10.2. The van der Waals surface area contributed by atoms with Crippen LogP contribution in [0.5, 0.6) is 5.75 Å². The number of Topliss-reactive ketones (excluding diaryl/α,β-unsaturated/α-hetero) is 1. The third kappa shape index (κ3) is 6.10. The minimum atomic E-state index is -3.60. The standard InChI is InChI=1S/C23H18ClF2N5O5S/c1-37(34,35)11-13(32)9-31-23(33)14-3-2-12(8-27)4-15(14)17(30-31)7-22-28-18-5-16(24)20(6-19(18)29-22)36-10-21(25)26/h2-6,21H,7,9-11H2,1H3,(H,28,29). The molecule has 4 aromatic rings. The lowest BCUT2D eigenvalue weighted by Crippen LogP contribution is -2.30. The van der Waals surface area contributed by atoms with Crippen molar-refractivity contribution in [3.8, 4) is 11.8 Å². The number of nitrogens with one attached hydrogen (secondary N) is 1. The number of rotatable bonds is 9. The highest BCUT2D eigenvalue weighted by Gasteiger charge is 2.18. The Bertz CT molecular complexity index is 1740. The van der Waals surface area contributed by atoms with E-state index in [1.165, 1.54) is 30.3 Å². The van der Waals surface area contributed by atoms with E-state index >= 15 is 0 Å². The normalized spacial score (nSPS) is 11.8. The smallest absolute Gasteiger partial charge is 0.275 e. The third-order valence-corrected chi connectivity index (χ3v) is 6.34. The average Bonchev–Trinajstić information content (AvgIpc) is 3.19. The van der Waals surface area contributed by atoms with E-state index in [0.717, 1.165) is 10.9 Å². The Balaban J connectivity index is 1.76. The molecule has 0 atom stereocenters. The van der Waals surface area contributed by atoms with Crippen LogP contribution in [0.15, 0.2) is 35.1 Å². The van der Waals surface area contributed by atoms with E-state index in [-0.39, 0.29) is 33.8 Å². The number of aromatic nitrogens is 4. The lowest BCUT2D eigenvalue weighted by atomic mass is 10.1. The van der Waals surface area contributed by atoms with E-state index in [2.05, 4.69) is 15.1 Å². The largest absolute Gasteiger partial charge is 0.486 e. The summed E-state index contributed by atoms with van der Waals surface area (Å²) in [5.41, 5.74) is 0.809. The minimum Gasteiger partial charge on any atom is -0.486 e. The van der Waals surface area contributed by atoms with Gasteiger partial charge >= 0.3 is 0 Å². The summed E-state index contributed by atoms with van der Waals surface area (Å²) >= 11 is 6.13. The molecule has 0 amide bonds. The van der Waals surface area contributed by atoms with Crippen molar-refractivity contribution in [2.24, 2.45) is 0 Å². The molecule has 4 rings (SSSR count). The molecule has 0 radical (unpaired) electrons. The van der Waals surface area contributed by atoms with Gasteiger partial charge in [-0.2, -0.15) is 10.4 Å². The molecular formula is C23H18ClF2N5O5S. The molecule has 0 spiro atoms. The van der Waals surface area contributed by atoms with Crippen molar-refractivity contribution in [1.82, 2.24) is 19.7 Å². The molecular weight excluding hydrogens is 532 g/mol. The first-order chi connectivity index (χ1) is 17.4. The van der Waals surface area contributed by atoms with Crippen molar-refractivity contribution in [2.45, 2.75) is 19.4 Å². The van der Waals surface area contributed by atoms with Crippen LogP contribution in [-0.4, -0.2) is 59.0 Å². The number of halogens is 3. The van der Waals surface area contributed by atoms with Crippen LogP contribution in [0.3, 0.4) is 0 Å². The Morgan fingerprint density at radius 3 is 2.70 bits per heavy atom. The van der Waals surface area contributed by atoms with Crippen molar-refractivity contribution in [1.29, 1.82) is 5.26 Å². The Labute approximate surface area is 213 Å². The first-order valence-electron chi connectivity index (χ1n) is 10.7. The molecule has 2 aromatic heterocycles. The summed E-state index contributed by atoms with van der Waals surface area (Å²) in [6.07, 6.45) is -1.75. The number of fused-ring (bicyclic) bond motifs is 2. The van der Waals surface area contributed by atoms with Crippen LogP contribution in [-0.2, 0) is 27.6 Å². The summed E-state index contributed by atoms with van der Waals surface area (Å²) < 4.78 is 53.9. The first-order valence-corrected chi connectivity index (χ1v) is 13.1. The Kier molecular flexibility index (Phi) is 7.24. The highest BCUT2D eigenvalue weighted by Crippen LogP contribution is 2.30. The number of nitrogens with zero attached hydrogens (tertiary/aromatic N) is 4. The van der Waals surface area contributed by atoms with E-state index in [0.29, 0.717) is 22.2 Å². The van der Waals surface area contributed by atoms with E-state index in [4.69, 9.17) is 16.3 Å². The fraction of sp³-hybridized carbons (Fsp3) is 0.261. The van der Waals surface area contributed by atoms with Crippen LogP contribution < -0.4 is 10.3 Å². The van der Waals surface area contributed by atoms with Crippen molar-refractivity contribution in [2.75, 3.05) is 18.6 Å². The molecule has 14 heteroatoms. The number of aromatic amines is 1. The van der Waals surface area contributed by atoms with Crippen LogP contribution in [0.25, 0.3) is 21.8 Å². The topological polar surface area (TPSA) is 148 Å². The van der Waals surface area contributed by atoms with Gasteiger partial charge in [0.05, 0.1) is 45.2 Å². The van der Waals surface area contributed by atoms with Gasteiger partial charge in [-0.25, -0.2) is 26.9 Å². The molecule has 0 aliphatic heterocycles. The summed E-state index contributed by atoms with van der Waals surface area (Å²) in [4.78, 5) is 32.7. The van der Waals surface area contributed by atoms with Crippen LogP contribution in [0.2, 0.25) is 5.02 Å². The monoisotopic (exact) mass is 549 g/mol. The van der Waals surface area contributed by atoms with Crippen LogP contribution in [0, 0.1) is 11.3 Å². The van der Waals surface area contributed by atoms with Gasteiger partial charge in [0.15, 0.2) is 15.6 Å². The third-order valence-electron chi connectivity index (χ3n) is 5.20. The van der Waals surface area contributed by atoms with Crippen molar-refractivity contribution >= 4 is 49.0 Å². The van der Waals surface area contributed by atoms with Crippen molar-refractivity contribution in [3.05, 3.63) is 62.8 Å². The van der Waals surface area contributed by atoms with E-state index in [1.54, 1.807) is 0 Å². The maximum Gasteiger partial charge on any atom is 0.275 e. The SMILES string of the molecule is CS(=O)(=O)CC(=O)Cn1nc(Cc2nc3cc(OCC(F)F)c(Cl)cc3[nH]2)c2cc(C#N)ccc2c1=O. The van der Waals surface area contributed by atoms with Gasteiger partial charge in [0.25, 0.3) is 12.0 Å². The van der Waals surface area contributed by atoms with Gasteiger partial charge in [-0.3, -0.25) is 9.59 Å². The molecule has 10 nitrogen and oxygen atoms in total. The summed E-state index contributed by atoms with van der Waals surface area (Å²) in [5, 5.41) is 14.2. The minimum absolute atomic E-state index is 0.0193. The van der Waals surface area contributed by atoms with Gasteiger partial charge in [0.2, 0.25) is 0 Å². The quantitative estimate of drug-likeness (QED) is 0.335. The summed E-state index contributed by atoms with van der Waals surface area (Å²) in [6, 6.07) is 9.23.